The minimum Gasteiger partial charge on any atom is -0.349 e. The second kappa shape index (κ2) is 6.24. The van der Waals surface area contributed by atoms with E-state index in [9.17, 15) is 9.59 Å². The molecule has 1 heterocycles. The number of hydrogen-bond donors (Lipinski definition) is 3. The van der Waals surface area contributed by atoms with Gasteiger partial charge in [0.1, 0.15) is 0 Å². The molecule has 4 rings (SSSR count). The van der Waals surface area contributed by atoms with Crippen LogP contribution in [0.2, 0.25) is 0 Å². The van der Waals surface area contributed by atoms with Gasteiger partial charge in [-0.05, 0) is 55.0 Å². The molecule has 1 aliphatic carbocycles. The average Bonchev–Trinajstić information content (AvgIpc) is 3.00. The molecule has 0 saturated carbocycles. The molecule has 1 amide bonds. The summed E-state index contributed by atoms with van der Waals surface area (Å²) in [7, 11) is 0. The highest BCUT2D eigenvalue weighted by atomic mass is 16.2. The minimum absolute atomic E-state index is 0.0716. The molecule has 1 aliphatic rings. The highest BCUT2D eigenvalue weighted by Gasteiger charge is 2.27. The quantitative estimate of drug-likeness (QED) is 0.687. The number of benzene rings is 2. The zero-order valence-electron chi connectivity index (χ0n) is 14.1. The largest absolute Gasteiger partial charge is 0.349 e. The van der Waals surface area contributed by atoms with Crippen LogP contribution in [-0.2, 0) is 11.2 Å². The van der Waals surface area contributed by atoms with Crippen LogP contribution < -0.4 is 11.0 Å². The van der Waals surface area contributed by atoms with E-state index in [1.54, 1.807) is 0 Å². The number of aryl methyl sites for hydroxylation is 1. The number of fused-ring (bicyclic) bond motifs is 2. The molecule has 0 radical (unpaired) electrons. The Labute approximate surface area is 145 Å². The lowest BCUT2D eigenvalue weighted by molar-refractivity contribution is -0.123. The number of hydrogen-bond acceptors (Lipinski definition) is 2. The van der Waals surface area contributed by atoms with Gasteiger partial charge in [0.2, 0.25) is 5.91 Å². The van der Waals surface area contributed by atoms with Crippen molar-refractivity contribution < 1.29 is 4.79 Å². The molecule has 0 spiro atoms. The number of carbonyl (C=O) groups excluding carboxylic acids is 1. The van der Waals surface area contributed by atoms with Crippen LogP contribution in [0.3, 0.4) is 0 Å². The molecule has 3 aromatic rings. The van der Waals surface area contributed by atoms with Crippen LogP contribution in [0.15, 0.2) is 47.3 Å². The van der Waals surface area contributed by atoms with Crippen molar-refractivity contribution in [3.63, 3.8) is 0 Å². The van der Waals surface area contributed by atoms with Gasteiger partial charge in [-0.25, -0.2) is 4.79 Å². The summed E-state index contributed by atoms with van der Waals surface area (Å²) in [6.07, 6.45) is 2.98. The summed E-state index contributed by atoms with van der Waals surface area (Å²) >= 11 is 0. The summed E-state index contributed by atoms with van der Waals surface area (Å²) < 4.78 is 0. The Morgan fingerprint density at radius 3 is 2.84 bits per heavy atom. The van der Waals surface area contributed by atoms with E-state index in [0.717, 1.165) is 41.4 Å². The van der Waals surface area contributed by atoms with Crippen LogP contribution in [0.25, 0.3) is 11.0 Å². The standard InChI is InChI=1S/C20H21N3O2/c1-12(14-9-10-17-18(11-14)23-20(25)22-17)21-19(24)16-8-4-6-13-5-2-3-7-15(13)16/h2-3,5,7,9-12,16H,4,6,8H2,1H3,(H,21,24)(H2,22,23,25)/t12-,16-/m1/s1. The molecule has 2 atom stereocenters. The number of carbonyl (C=O) groups is 1. The van der Waals surface area contributed by atoms with Crippen molar-refractivity contribution >= 4 is 16.9 Å². The van der Waals surface area contributed by atoms with Crippen LogP contribution >= 0.6 is 0 Å². The molecule has 2 aromatic carbocycles. The van der Waals surface area contributed by atoms with Gasteiger partial charge in [-0.2, -0.15) is 0 Å². The van der Waals surface area contributed by atoms with Crippen molar-refractivity contribution in [2.45, 2.75) is 38.1 Å². The molecular formula is C20H21N3O2. The molecular weight excluding hydrogens is 314 g/mol. The molecule has 3 N–H and O–H groups in total. The normalized spacial score (nSPS) is 17.9. The number of imidazole rings is 1. The van der Waals surface area contributed by atoms with Crippen LogP contribution in [-0.4, -0.2) is 15.9 Å². The van der Waals surface area contributed by atoms with Gasteiger partial charge in [0, 0.05) is 0 Å². The Morgan fingerprint density at radius 2 is 1.96 bits per heavy atom. The first-order valence-electron chi connectivity index (χ1n) is 8.72. The third-order valence-corrected chi connectivity index (χ3v) is 5.08. The highest BCUT2D eigenvalue weighted by Crippen LogP contribution is 2.32. The Balaban J connectivity index is 1.55. The summed E-state index contributed by atoms with van der Waals surface area (Å²) in [5.41, 5.74) is 4.72. The zero-order chi connectivity index (χ0) is 17.4. The smallest absolute Gasteiger partial charge is 0.323 e. The lowest BCUT2D eigenvalue weighted by atomic mass is 9.82. The molecule has 0 aliphatic heterocycles. The van der Waals surface area contributed by atoms with E-state index in [-0.39, 0.29) is 23.6 Å². The SMILES string of the molecule is C[C@@H](NC(=O)[C@@H]1CCCc2ccccc21)c1ccc2[nH]c(=O)[nH]c2c1. The Morgan fingerprint density at radius 1 is 1.16 bits per heavy atom. The van der Waals surface area contributed by atoms with Crippen molar-refractivity contribution in [1.29, 1.82) is 0 Å². The molecule has 1 aromatic heterocycles. The summed E-state index contributed by atoms with van der Waals surface area (Å²) in [6.45, 7) is 1.97. The maximum atomic E-state index is 12.8. The topological polar surface area (TPSA) is 77.8 Å². The number of aromatic nitrogens is 2. The van der Waals surface area contributed by atoms with Gasteiger partial charge in [-0.3, -0.25) is 4.79 Å². The fourth-order valence-electron chi connectivity index (χ4n) is 3.74. The third-order valence-electron chi connectivity index (χ3n) is 5.08. The third kappa shape index (κ3) is 2.97. The van der Waals surface area contributed by atoms with Gasteiger partial charge in [-0.1, -0.05) is 30.3 Å². The molecule has 128 valence electrons. The van der Waals surface area contributed by atoms with E-state index in [1.807, 2.05) is 37.3 Å². The first kappa shape index (κ1) is 15.7. The number of aromatic amines is 2. The summed E-state index contributed by atoms with van der Waals surface area (Å²) in [4.78, 5) is 29.7. The van der Waals surface area contributed by atoms with Crippen LogP contribution in [0, 0.1) is 0 Å². The van der Waals surface area contributed by atoms with E-state index in [4.69, 9.17) is 0 Å². The summed E-state index contributed by atoms with van der Waals surface area (Å²) in [5, 5.41) is 3.14. The van der Waals surface area contributed by atoms with Crippen LogP contribution in [0.1, 0.15) is 48.4 Å². The fourth-order valence-corrected chi connectivity index (χ4v) is 3.74. The maximum Gasteiger partial charge on any atom is 0.323 e. The first-order chi connectivity index (χ1) is 12.1. The van der Waals surface area contributed by atoms with E-state index < -0.39 is 0 Å². The van der Waals surface area contributed by atoms with E-state index in [0.29, 0.717) is 0 Å². The second-order valence-corrected chi connectivity index (χ2v) is 6.76. The molecule has 0 bridgehead atoms. The maximum absolute atomic E-state index is 12.8. The molecule has 5 heteroatoms. The van der Waals surface area contributed by atoms with Crippen molar-refractivity contribution in [1.82, 2.24) is 15.3 Å². The zero-order valence-corrected chi connectivity index (χ0v) is 14.1. The number of amides is 1. The lowest BCUT2D eigenvalue weighted by Gasteiger charge is -2.26. The van der Waals surface area contributed by atoms with E-state index in [2.05, 4.69) is 27.4 Å². The Hall–Kier alpha value is -2.82. The van der Waals surface area contributed by atoms with Crippen molar-refractivity contribution in [3.05, 3.63) is 69.6 Å². The van der Waals surface area contributed by atoms with Gasteiger partial charge in [0.15, 0.2) is 0 Å². The molecule has 25 heavy (non-hydrogen) atoms. The Bertz CT molecular complexity index is 986. The summed E-state index contributed by atoms with van der Waals surface area (Å²) in [6, 6.07) is 13.8. The van der Waals surface area contributed by atoms with Crippen LogP contribution in [0.5, 0.6) is 0 Å². The van der Waals surface area contributed by atoms with Gasteiger partial charge < -0.3 is 15.3 Å². The molecule has 0 saturated heterocycles. The number of nitrogens with one attached hydrogen (secondary N) is 3. The number of rotatable bonds is 3. The van der Waals surface area contributed by atoms with Gasteiger partial charge in [0.05, 0.1) is 23.0 Å². The van der Waals surface area contributed by atoms with Crippen LogP contribution in [0.4, 0.5) is 0 Å². The minimum atomic E-state index is -0.220. The van der Waals surface area contributed by atoms with Gasteiger partial charge in [-0.15, -0.1) is 0 Å². The monoisotopic (exact) mass is 335 g/mol. The van der Waals surface area contributed by atoms with E-state index in [1.165, 1.54) is 5.56 Å². The highest BCUT2D eigenvalue weighted by molar-refractivity contribution is 5.85. The predicted octanol–water partition coefficient (Wildman–Crippen LogP) is 3.15. The van der Waals surface area contributed by atoms with E-state index >= 15 is 0 Å². The van der Waals surface area contributed by atoms with Crippen molar-refractivity contribution in [2.24, 2.45) is 0 Å². The number of H-pyrrole nitrogens is 2. The average molecular weight is 335 g/mol. The molecule has 0 fully saturated rings. The Kier molecular flexibility index (Phi) is 3.92. The predicted molar refractivity (Wildman–Crippen MR) is 97.6 cm³/mol. The van der Waals surface area contributed by atoms with Crippen molar-refractivity contribution in [2.75, 3.05) is 0 Å². The first-order valence-corrected chi connectivity index (χ1v) is 8.72. The molecule has 0 unspecified atom stereocenters. The van der Waals surface area contributed by atoms with Gasteiger partial charge >= 0.3 is 5.69 Å². The summed E-state index contributed by atoms with van der Waals surface area (Å²) in [5.74, 6) is -0.00879. The van der Waals surface area contributed by atoms with Crippen molar-refractivity contribution in [3.8, 4) is 0 Å². The fraction of sp³-hybridized carbons (Fsp3) is 0.300. The second-order valence-electron chi connectivity index (χ2n) is 6.76. The lowest BCUT2D eigenvalue weighted by Crippen LogP contribution is -2.33. The molecule has 5 nitrogen and oxygen atoms in total. The van der Waals surface area contributed by atoms with Gasteiger partial charge in [0.25, 0.3) is 0 Å².